The highest BCUT2D eigenvalue weighted by Gasteiger charge is 2.60. The average Bonchev–Trinajstić information content (AvgIpc) is 2.44. The van der Waals surface area contributed by atoms with Gasteiger partial charge in [-0.15, -0.1) is 0 Å². The van der Waals surface area contributed by atoms with Crippen LogP contribution in [0.15, 0.2) is 54.6 Å². The third kappa shape index (κ3) is 1.28. The monoisotopic (exact) mass is 248 g/mol. The lowest BCUT2D eigenvalue weighted by Crippen LogP contribution is -2.52. The fourth-order valence-corrected chi connectivity index (χ4v) is 4.10. The summed E-state index contributed by atoms with van der Waals surface area (Å²) in [7, 11) is 0. The van der Waals surface area contributed by atoms with Crippen LogP contribution >= 0.6 is 0 Å². The molecule has 0 aliphatic heterocycles. The van der Waals surface area contributed by atoms with Crippen molar-refractivity contribution in [3.05, 3.63) is 71.3 Å². The highest BCUT2D eigenvalue weighted by Crippen LogP contribution is 2.66. The smallest absolute Gasteiger partial charge is 0.169 e. The number of hydrogen-bond acceptors (Lipinski definition) is 1. The van der Waals surface area contributed by atoms with E-state index in [1.165, 1.54) is 11.1 Å². The second-order valence-corrected chi connectivity index (χ2v) is 6.03. The van der Waals surface area contributed by atoms with Crippen LogP contribution in [0.4, 0.5) is 0 Å². The minimum absolute atomic E-state index is 0.194. The molecule has 94 valence electrons. The first-order valence-corrected chi connectivity index (χ1v) is 6.90. The summed E-state index contributed by atoms with van der Waals surface area (Å²) in [5.41, 5.74) is 3.32. The van der Waals surface area contributed by atoms with Gasteiger partial charge in [0.15, 0.2) is 5.78 Å². The third-order valence-electron chi connectivity index (χ3n) is 5.02. The molecule has 1 saturated carbocycles. The predicted molar refractivity (Wildman–Crippen MR) is 75.4 cm³/mol. The molecule has 2 aromatic carbocycles. The number of benzene rings is 2. The van der Waals surface area contributed by atoms with Crippen molar-refractivity contribution in [3.63, 3.8) is 0 Å². The van der Waals surface area contributed by atoms with Crippen LogP contribution in [-0.2, 0) is 0 Å². The largest absolute Gasteiger partial charge is 0.294 e. The summed E-state index contributed by atoms with van der Waals surface area (Å²) in [6.07, 6.45) is 1.00. The van der Waals surface area contributed by atoms with Crippen LogP contribution in [-0.4, -0.2) is 5.78 Å². The van der Waals surface area contributed by atoms with Gasteiger partial charge in [0.1, 0.15) is 0 Å². The Bertz CT molecular complexity index is 658. The number of carbonyl (C=O) groups excluding carboxylic acids is 1. The summed E-state index contributed by atoms with van der Waals surface area (Å²) in [5.74, 6) is 1.21. The number of Topliss-reactive ketones (excluding diaryl/α,β-unsaturated/α-hetero) is 1. The van der Waals surface area contributed by atoms with Gasteiger partial charge in [0.2, 0.25) is 0 Å². The molecule has 0 aromatic heterocycles. The first-order chi connectivity index (χ1) is 9.22. The minimum atomic E-state index is -0.194. The summed E-state index contributed by atoms with van der Waals surface area (Å²) in [5, 5.41) is 0. The lowest BCUT2D eigenvalue weighted by Gasteiger charge is -2.57. The van der Waals surface area contributed by atoms with Gasteiger partial charge in [-0.3, -0.25) is 4.79 Å². The second-order valence-electron chi connectivity index (χ2n) is 6.03. The van der Waals surface area contributed by atoms with Gasteiger partial charge in [0, 0.05) is 16.9 Å². The summed E-state index contributed by atoms with van der Waals surface area (Å²) < 4.78 is 0. The molecule has 0 saturated heterocycles. The molecular weight excluding hydrogens is 232 g/mol. The molecule has 0 radical (unpaired) electrons. The van der Waals surface area contributed by atoms with Gasteiger partial charge in [-0.2, -0.15) is 0 Å². The molecule has 3 unspecified atom stereocenters. The van der Waals surface area contributed by atoms with E-state index in [4.69, 9.17) is 0 Å². The molecule has 2 bridgehead atoms. The van der Waals surface area contributed by atoms with E-state index in [0.29, 0.717) is 17.6 Å². The fourth-order valence-electron chi connectivity index (χ4n) is 4.10. The van der Waals surface area contributed by atoms with Crippen LogP contribution in [0, 0.1) is 5.41 Å². The van der Waals surface area contributed by atoms with Crippen LogP contribution < -0.4 is 0 Å². The Morgan fingerprint density at radius 3 is 2.47 bits per heavy atom. The van der Waals surface area contributed by atoms with E-state index in [0.717, 1.165) is 12.0 Å². The van der Waals surface area contributed by atoms with Crippen molar-refractivity contribution in [2.24, 2.45) is 5.41 Å². The minimum Gasteiger partial charge on any atom is -0.294 e. The number of carbonyl (C=O) groups is 1. The quantitative estimate of drug-likeness (QED) is 0.740. The number of ketones is 1. The highest BCUT2D eigenvalue weighted by atomic mass is 16.1. The average molecular weight is 248 g/mol. The van der Waals surface area contributed by atoms with E-state index >= 15 is 0 Å². The van der Waals surface area contributed by atoms with Gasteiger partial charge in [-0.1, -0.05) is 61.5 Å². The maximum absolute atomic E-state index is 12.8. The maximum atomic E-state index is 12.8. The van der Waals surface area contributed by atoms with Crippen molar-refractivity contribution < 1.29 is 4.79 Å². The normalized spacial score (nSPS) is 31.5. The molecule has 1 nitrogen and oxygen atoms in total. The predicted octanol–water partition coefficient (Wildman–Crippen LogP) is 4.16. The Labute approximate surface area is 113 Å². The molecule has 3 aliphatic rings. The van der Waals surface area contributed by atoms with Crippen LogP contribution in [0.3, 0.4) is 0 Å². The van der Waals surface area contributed by atoms with Gasteiger partial charge in [0.05, 0.1) is 0 Å². The molecule has 0 heterocycles. The van der Waals surface area contributed by atoms with Gasteiger partial charge < -0.3 is 0 Å². The summed E-state index contributed by atoms with van der Waals surface area (Å²) in [6, 6.07) is 18.7. The Morgan fingerprint density at radius 2 is 1.68 bits per heavy atom. The zero-order valence-corrected chi connectivity index (χ0v) is 11.0. The van der Waals surface area contributed by atoms with Crippen molar-refractivity contribution in [1.82, 2.24) is 0 Å². The zero-order valence-electron chi connectivity index (χ0n) is 11.0. The molecule has 0 N–H and O–H groups in total. The first kappa shape index (κ1) is 11.0. The third-order valence-corrected chi connectivity index (χ3v) is 5.02. The van der Waals surface area contributed by atoms with Crippen molar-refractivity contribution in [2.75, 3.05) is 0 Å². The van der Waals surface area contributed by atoms with E-state index in [-0.39, 0.29) is 5.41 Å². The summed E-state index contributed by atoms with van der Waals surface area (Å²) in [4.78, 5) is 12.8. The van der Waals surface area contributed by atoms with Crippen molar-refractivity contribution in [3.8, 4) is 0 Å². The van der Waals surface area contributed by atoms with E-state index in [1.54, 1.807) is 0 Å². The fraction of sp³-hybridized carbons (Fsp3) is 0.278. The molecule has 0 amide bonds. The van der Waals surface area contributed by atoms with Crippen molar-refractivity contribution >= 4 is 5.78 Å². The number of rotatable bonds is 1. The van der Waals surface area contributed by atoms with E-state index in [1.807, 2.05) is 18.2 Å². The van der Waals surface area contributed by atoms with Crippen molar-refractivity contribution in [1.29, 1.82) is 0 Å². The second kappa shape index (κ2) is 3.57. The van der Waals surface area contributed by atoms with Crippen molar-refractivity contribution in [2.45, 2.75) is 25.2 Å². The molecule has 3 atom stereocenters. The molecule has 5 rings (SSSR count). The molecule has 2 aromatic rings. The Hall–Kier alpha value is -1.89. The summed E-state index contributed by atoms with van der Waals surface area (Å²) in [6.45, 7) is 2.14. The molecule has 1 fully saturated rings. The van der Waals surface area contributed by atoms with Crippen LogP contribution in [0.1, 0.15) is 46.7 Å². The Kier molecular flexibility index (Phi) is 2.06. The molecule has 1 heteroatoms. The molecule has 0 spiro atoms. The molecule has 19 heavy (non-hydrogen) atoms. The van der Waals surface area contributed by atoms with Crippen LogP contribution in [0.5, 0.6) is 0 Å². The first-order valence-electron chi connectivity index (χ1n) is 6.90. The van der Waals surface area contributed by atoms with E-state index in [9.17, 15) is 4.79 Å². The SMILES string of the molecule is CC12CC(c3ccccc3C1=O)C2c1ccccc1. The molecule has 3 aliphatic carbocycles. The maximum Gasteiger partial charge on any atom is 0.169 e. The zero-order chi connectivity index (χ0) is 13.0. The van der Waals surface area contributed by atoms with Crippen LogP contribution in [0.25, 0.3) is 0 Å². The van der Waals surface area contributed by atoms with E-state index < -0.39 is 0 Å². The topological polar surface area (TPSA) is 17.1 Å². The lowest BCUT2D eigenvalue weighted by atomic mass is 9.44. The lowest BCUT2D eigenvalue weighted by molar-refractivity contribution is 0.0402. The van der Waals surface area contributed by atoms with Gasteiger partial charge in [-0.05, 0) is 23.5 Å². The van der Waals surface area contributed by atoms with E-state index in [2.05, 4.69) is 43.3 Å². The number of hydrogen-bond donors (Lipinski definition) is 0. The summed E-state index contributed by atoms with van der Waals surface area (Å²) >= 11 is 0. The highest BCUT2D eigenvalue weighted by molar-refractivity contribution is 6.05. The van der Waals surface area contributed by atoms with Crippen LogP contribution in [0.2, 0.25) is 0 Å². The van der Waals surface area contributed by atoms with Gasteiger partial charge >= 0.3 is 0 Å². The standard InChI is InChI=1S/C18H16O/c1-18-11-15(16(18)12-7-3-2-4-8-12)13-9-5-6-10-14(13)17(18)19/h2-10,15-16H,11H2,1H3. The van der Waals surface area contributed by atoms with Gasteiger partial charge in [-0.25, -0.2) is 0 Å². The molecular formula is C18H16O. The Balaban J connectivity index is 1.89. The Morgan fingerprint density at radius 1 is 1.00 bits per heavy atom. The van der Waals surface area contributed by atoms with Gasteiger partial charge in [0.25, 0.3) is 0 Å².